The average Bonchev–Trinajstić information content (AvgIpc) is 3.57. The van der Waals surface area contributed by atoms with Crippen LogP contribution in [0.3, 0.4) is 0 Å². The zero-order valence-corrected chi connectivity index (χ0v) is 16.7. The third-order valence-electron chi connectivity index (χ3n) is 4.27. The van der Waals surface area contributed by atoms with E-state index in [9.17, 15) is 4.79 Å². The number of esters is 1. The van der Waals surface area contributed by atoms with Gasteiger partial charge in [0.2, 0.25) is 0 Å². The SMILES string of the molecule is COc1cc(/C=N\N(C)C(=S)NCc2ccccc2)ccc1OC(=O)C1CC1. The van der Waals surface area contributed by atoms with Crippen LogP contribution in [0.1, 0.15) is 24.0 Å². The molecule has 1 aliphatic carbocycles. The Bertz CT molecular complexity index is 866. The third kappa shape index (κ3) is 5.53. The number of hydrogen-bond donors (Lipinski definition) is 1. The van der Waals surface area contributed by atoms with Gasteiger partial charge in [-0.3, -0.25) is 4.79 Å². The summed E-state index contributed by atoms with van der Waals surface area (Å²) in [5.74, 6) is 0.744. The molecule has 1 fully saturated rings. The molecule has 1 N–H and O–H groups in total. The van der Waals surface area contributed by atoms with E-state index < -0.39 is 0 Å². The molecular formula is C21H23N3O3S. The van der Waals surface area contributed by atoms with Gasteiger partial charge in [-0.25, -0.2) is 5.01 Å². The maximum Gasteiger partial charge on any atom is 0.314 e. The Morgan fingerprint density at radius 2 is 2.00 bits per heavy atom. The van der Waals surface area contributed by atoms with Crippen LogP contribution in [0.2, 0.25) is 0 Å². The maximum absolute atomic E-state index is 11.8. The van der Waals surface area contributed by atoms with Crippen molar-refractivity contribution >= 4 is 29.5 Å². The molecule has 0 heterocycles. The summed E-state index contributed by atoms with van der Waals surface area (Å²) in [5.41, 5.74) is 1.95. The summed E-state index contributed by atoms with van der Waals surface area (Å²) in [4.78, 5) is 11.8. The van der Waals surface area contributed by atoms with Gasteiger partial charge in [-0.2, -0.15) is 5.10 Å². The quantitative estimate of drug-likeness (QED) is 0.254. The number of benzene rings is 2. The van der Waals surface area contributed by atoms with Crippen LogP contribution in [0.25, 0.3) is 0 Å². The summed E-state index contributed by atoms with van der Waals surface area (Å²) in [6, 6.07) is 15.3. The highest BCUT2D eigenvalue weighted by Crippen LogP contribution is 2.34. The Balaban J connectivity index is 1.57. The first-order chi connectivity index (χ1) is 13.6. The average molecular weight is 398 g/mol. The standard InChI is InChI=1S/C21H23N3O3S/c1-24(21(28)22-13-15-6-4-3-5-7-15)23-14-16-8-11-18(19(12-16)26-2)27-20(25)17-9-10-17/h3-8,11-12,14,17H,9-10,13H2,1-2H3,(H,22,28)/b23-14-. The van der Waals surface area contributed by atoms with E-state index in [0.29, 0.717) is 23.2 Å². The van der Waals surface area contributed by atoms with E-state index in [-0.39, 0.29) is 11.9 Å². The van der Waals surface area contributed by atoms with Crippen molar-refractivity contribution in [2.24, 2.45) is 11.0 Å². The number of carbonyl (C=O) groups is 1. The fourth-order valence-corrected chi connectivity index (χ4v) is 2.57. The third-order valence-corrected chi connectivity index (χ3v) is 4.68. The summed E-state index contributed by atoms with van der Waals surface area (Å²) >= 11 is 5.36. The summed E-state index contributed by atoms with van der Waals surface area (Å²) in [6.07, 6.45) is 3.47. The van der Waals surface area contributed by atoms with Crippen LogP contribution in [0.15, 0.2) is 53.6 Å². The molecule has 28 heavy (non-hydrogen) atoms. The Morgan fingerprint density at radius 3 is 2.68 bits per heavy atom. The van der Waals surface area contributed by atoms with Crippen molar-refractivity contribution in [3.05, 3.63) is 59.7 Å². The molecule has 1 saturated carbocycles. The number of nitrogens with zero attached hydrogens (tertiary/aromatic N) is 2. The molecule has 146 valence electrons. The minimum absolute atomic E-state index is 0.0315. The molecule has 1 aliphatic rings. The van der Waals surface area contributed by atoms with Gasteiger partial charge in [-0.15, -0.1) is 0 Å². The molecule has 0 unspecified atom stereocenters. The number of hydrazone groups is 1. The molecule has 7 heteroatoms. The predicted octanol–water partition coefficient (Wildman–Crippen LogP) is 3.35. The maximum atomic E-state index is 11.8. The second-order valence-electron chi connectivity index (χ2n) is 6.52. The molecule has 0 aromatic heterocycles. The zero-order valence-electron chi connectivity index (χ0n) is 15.9. The minimum atomic E-state index is -0.200. The van der Waals surface area contributed by atoms with Crippen LogP contribution >= 0.6 is 12.2 Å². The zero-order chi connectivity index (χ0) is 19.9. The summed E-state index contributed by atoms with van der Waals surface area (Å²) in [6.45, 7) is 0.633. The molecular weight excluding hydrogens is 374 g/mol. The van der Waals surface area contributed by atoms with Gasteiger partial charge in [0, 0.05) is 13.6 Å². The molecule has 2 aromatic carbocycles. The Labute approximate surface area is 170 Å². The van der Waals surface area contributed by atoms with Crippen LogP contribution in [0.5, 0.6) is 11.5 Å². The monoisotopic (exact) mass is 397 g/mol. The van der Waals surface area contributed by atoms with E-state index in [1.54, 1.807) is 37.5 Å². The highest BCUT2D eigenvalue weighted by Gasteiger charge is 2.32. The molecule has 0 aliphatic heterocycles. The van der Waals surface area contributed by atoms with Crippen LogP contribution in [-0.2, 0) is 11.3 Å². The lowest BCUT2D eigenvalue weighted by atomic mass is 10.2. The van der Waals surface area contributed by atoms with Gasteiger partial charge in [0.15, 0.2) is 16.6 Å². The summed E-state index contributed by atoms with van der Waals surface area (Å²) < 4.78 is 10.7. The van der Waals surface area contributed by atoms with Crippen molar-refractivity contribution < 1.29 is 14.3 Å². The number of hydrogen-bond acceptors (Lipinski definition) is 5. The van der Waals surface area contributed by atoms with Crippen molar-refractivity contribution in [2.75, 3.05) is 14.2 Å². The van der Waals surface area contributed by atoms with Crippen LogP contribution in [0.4, 0.5) is 0 Å². The molecule has 3 rings (SSSR count). The lowest BCUT2D eigenvalue weighted by Gasteiger charge is -2.15. The normalized spacial score (nSPS) is 13.2. The minimum Gasteiger partial charge on any atom is -0.493 e. The highest BCUT2D eigenvalue weighted by atomic mass is 32.1. The van der Waals surface area contributed by atoms with Gasteiger partial charge in [-0.05, 0) is 54.4 Å². The molecule has 0 radical (unpaired) electrons. The number of rotatable bonds is 7. The van der Waals surface area contributed by atoms with Crippen molar-refractivity contribution in [1.82, 2.24) is 10.3 Å². The first-order valence-corrected chi connectivity index (χ1v) is 9.47. The van der Waals surface area contributed by atoms with Crippen molar-refractivity contribution in [2.45, 2.75) is 19.4 Å². The molecule has 2 aromatic rings. The van der Waals surface area contributed by atoms with Crippen molar-refractivity contribution in [3.63, 3.8) is 0 Å². The molecule has 0 bridgehead atoms. The van der Waals surface area contributed by atoms with Gasteiger partial charge in [-0.1, -0.05) is 30.3 Å². The number of nitrogens with one attached hydrogen (secondary N) is 1. The first-order valence-electron chi connectivity index (χ1n) is 9.06. The molecule has 0 spiro atoms. The van der Waals surface area contributed by atoms with E-state index >= 15 is 0 Å². The lowest BCUT2D eigenvalue weighted by Crippen LogP contribution is -2.33. The first kappa shape index (κ1) is 19.8. The van der Waals surface area contributed by atoms with Crippen LogP contribution < -0.4 is 14.8 Å². The number of thiocarbonyl (C=S) groups is 1. The molecule has 0 amide bonds. The topological polar surface area (TPSA) is 63.2 Å². The summed E-state index contributed by atoms with van der Waals surface area (Å²) in [5, 5.41) is 9.62. The van der Waals surface area contributed by atoms with Crippen molar-refractivity contribution in [1.29, 1.82) is 0 Å². The predicted molar refractivity (Wildman–Crippen MR) is 113 cm³/mol. The van der Waals surface area contributed by atoms with Gasteiger partial charge in [0.05, 0.1) is 19.2 Å². The second kappa shape index (κ2) is 9.32. The van der Waals surface area contributed by atoms with Gasteiger partial charge >= 0.3 is 5.97 Å². The second-order valence-corrected chi connectivity index (χ2v) is 6.90. The number of ether oxygens (including phenoxy) is 2. The van der Waals surface area contributed by atoms with E-state index in [2.05, 4.69) is 10.4 Å². The van der Waals surface area contributed by atoms with E-state index in [1.807, 2.05) is 36.4 Å². The van der Waals surface area contributed by atoms with E-state index in [0.717, 1.165) is 24.0 Å². The van der Waals surface area contributed by atoms with Crippen molar-refractivity contribution in [3.8, 4) is 11.5 Å². The largest absolute Gasteiger partial charge is 0.493 e. The highest BCUT2D eigenvalue weighted by molar-refractivity contribution is 7.80. The number of methoxy groups -OCH3 is 1. The molecule has 0 saturated heterocycles. The Morgan fingerprint density at radius 1 is 1.25 bits per heavy atom. The fourth-order valence-electron chi connectivity index (χ4n) is 2.45. The van der Waals surface area contributed by atoms with Crippen LogP contribution in [-0.4, -0.2) is 36.5 Å². The van der Waals surface area contributed by atoms with E-state index in [1.165, 1.54) is 0 Å². The van der Waals surface area contributed by atoms with E-state index in [4.69, 9.17) is 21.7 Å². The van der Waals surface area contributed by atoms with Gasteiger partial charge in [0.25, 0.3) is 0 Å². The smallest absolute Gasteiger partial charge is 0.314 e. The van der Waals surface area contributed by atoms with Gasteiger partial charge in [0.1, 0.15) is 0 Å². The fraction of sp³-hybridized carbons (Fsp3) is 0.286. The molecule has 0 atom stereocenters. The number of carbonyl (C=O) groups excluding carboxylic acids is 1. The van der Waals surface area contributed by atoms with Crippen LogP contribution in [0, 0.1) is 5.92 Å². The van der Waals surface area contributed by atoms with Gasteiger partial charge < -0.3 is 14.8 Å². The summed E-state index contributed by atoms with van der Waals surface area (Å²) in [7, 11) is 3.32. The Hall–Kier alpha value is -2.93. The Kier molecular flexibility index (Phi) is 6.60. The lowest BCUT2D eigenvalue weighted by molar-refractivity contribution is -0.135. The molecule has 6 nitrogen and oxygen atoms in total.